The molecule has 0 saturated heterocycles. The maximum atomic E-state index is 11.8. The van der Waals surface area contributed by atoms with Gasteiger partial charge in [0.2, 0.25) is 0 Å². The average molecular weight is 327 g/mol. The molecule has 3 rings (SSSR count). The van der Waals surface area contributed by atoms with Crippen LogP contribution in [-0.2, 0) is 6.61 Å². The van der Waals surface area contributed by atoms with E-state index < -0.39 is 5.91 Å². The Morgan fingerprint density at radius 1 is 1.00 bits per heavy atom. The first kappa shape index (κ1) is 15.7. The van der Waals surface area contributed by atoms with Gasteiger partial charge in [-0.2, -0.15) is 0 Å². The number of hydrogen-bond acceptors (Lipinski definition) is 5. The molecule has 0 bridgehead atoms. The summed E-state index contributed by atoms with van der Waals surface area (Å²) in [5, 5.41) is 0.607. The molecule has 0 fully saturated rings. The normalized spacial score (nSPS) is 10.6. The molecule has 0 atom stereocenters. The Bertz CT molecular complexity index is 867. The fourth-order valence-electron chi connectivity index (χ4n) is 2.45. The zero-order valence-electron chi connectivity index (χ0n) is 13.4. The van der Waals surface area contributed by atoms with E-state index in [0.29, 0.717) is 33.8 Å². The smallest absolute Gasteiger partial charge is 0.253 e. The summed E-state index contributed by atoms with van der Waals surface area (Å²) in [6, 6.07) is 12.3. The van der Waals surface area contributed by atoms with Crippen LogP contribution in [-0.4, -0.2) is 20.1 Å². The Morgan fingerprint density at radius 3 is 2.25 bits per heavy atom. The van der Waals surface area contributed by atoms with Gasteiger partial charge in [0.15, 0.2) is 5.76 Å². The molecule has 0 saturated carbocycles. The predicted octanol–water partition coefficient (Wildman–Crippen LogP) is 3.13. The second kappa shape index (κ2) is 6.54. The number of fused-ring (bicyclic) bond motifs is 1. The summed E-state index contributed by atoms with van der Waals surface area (Å²) in [7, 11) is 3.15. The van der Waals surface area contributed by atoms with Crippen molar-refractivity contribution in [3.63, 3.8) is 0 Å². The Labute approximate surface area is 138 Å². The monoisotopic (exact) mass is 327 g/mol. The molecule has 1 aromatic heterocycles. The van der Waals surface area contributed by atoms with Gasteiger partial charge in [-0.25, -0.2) is 0 Å². The van der Waals surface area contributed by atoms with Crippen molar-refractivity contribution >= 4 is 16.9 Å². The second-order valence-electron chi connectivity index (χ2n) is 5.09. The van der Waals surface area contributed by atoms with Crippen LogP contribution in [0.15, 0.2) is 46.9 Å². The van der Waals surface area contributed by atoms with Crippen LogP contribution in [0, 0.1) is 0 Å². The number of nitrogens with two attached hydrogens (primary N) is 1. The lowest BCUT2D eigenvalue weighted by Gasteiger charge is -2.06. The molecule has 0 aliphatic heterocycles. The largest absolute Gasteiger partial charge is 0.497 e. The topological polar surface area (TPSA) is 83.9 Å². The van der Waals surface area contributed by atoms with Crippen LogP contribution >= 0.6 is 0 Å². The summed E-state index contributed by atoms with van der Waals surface area (Å²) in [5.74, 6) is 1.78. The first-order chi connectivity index (χ1) is 11.6. The molecular weight excluding hydrogens is 310 g/mol. The van der Waals surface area contributed by atoms with Crippen LogP contribution in [0.1, 0.15) is 16.1 Å². The van der Waals surface area contributed by atoms with Gasteiger partial charge in [0.1, 0.15) is 29.4 Å². The number of methoxy groups -OCH3 is 2. The van der Waals surface area contributed by atoms with Crippen LogP contribution in [0.25, 0.3) is 11.0 Å². The molecule has 3 aromatic rings. The van der Waals surface area contributed by atoms with Gasteiger partial charge < -0.3 is 24.4 Å². The lowest BCUT2D eigenvalue weighted by atomic mass is 10.1. The van der Waals surface area contributed by atoms with Crippen molar-refractivity contribution in [3.8, 4) is 17.2 Å². The molecule has 0 aliphatic carbocycles. The molecule has 124 valence electrons. The van der Waals surface area contributed by atoms with Crippen molar-refractivity contribution in [1.29, 1.82) is 0 Å². The zero-order chi connectivity index (χ0) is 17.1. The summed E-state index contributed by atoms with van der Waals surface area (Å²) >= 11 is 0. The van der Waals surface area contributed by atoms with E-state index in [1.165, 1.54) is 0 Å². The molecule has 24 heavy (non-hydrogen) atoms. The molecule has 0 spiro atoms. The number of amides is 1. The molecule has 0 radical (unpaired) electrons. The van der Waals surface area contributed by atoms with Gasteiger partial charge in [0.05, 0.1) is 19.8 Å². The summed E-state index contributed by atoms with van der Waals surface area (Å²) in [6.45, 7) is 0.0849. The number of benzene rings is 2. The first-order valence-electron chi connectivity index (χ1n) is 7.28. The number of carbonyl (C=O) groups excluding carboxylic acids is 1. The van der Waals surface area contributed by atoms with Gasteiger partial charge in [-0.1, -0.05) is 0 Å². The van der Waals surface area contributed by atoms with Crippen molar-refractivity contribution in [2.75, 3.05) is 14.2 Å². The lowest BCUT2D eigenvalue weighted by Crippen LogP contribution is -2.13. The van der Waals surface area contributed by atoms with Gasteiger partial charge in [0.25, 0.3) is 5.91 Å². The molecule has 2 N–H and O–H groups in total. The zero-order valence-corrected chi connectivity index (χ0v) is 13.4. The predicted molar refractivity (Wildman–Crippen MR) is 88.6 cm³/mol. The summed E-state index contributed by atoms with van der Waals surface area (Å²) in [6.07, 6.45) is 0. The molecule has 6 heteroatoms. The van der Waals surface area contributed by atoms with Crippen LogP contribution in [0.3, 0.4) is 0 Å². The molecule has 0 unspecified atom stereocenters. The minimum atomic E-state index is -0.574. The number of hydrogen-bond donors (Lipinski definition) is 1. The molecule has 0 aliphatic rings. The highest BCUT2D eigenvalue weighted by Crippen LogP contribution is 2.30. The second-order valence-corrected chi connectivity index (χ2v) is 5.09. The Hall–Kier alpha value is -3.15. The summed E-state index contributed by atoms with van der Waals surface area (Å²) in [4.78, 5) is 11.8. The highest BCUT2D eigenvalue weighted by atomic mass is 16.5. The molecular formula is C18H17NO5. The number of ether oxygens (including phenoxy) is 3. The van der Waals surface area contributed by atoms with E-state index in [4.69, 9.17) is 24.4 Å². The summed E-state index contributed by atoms with van der Waals surface area (Å²) in [5.41, 5.74) is 6.37. The van der Waals surface area contributed by atoms with E-state index in [9.17, 15) is 4.79 Å². The van der Waals surface area contributed by atoms with Gasteiger partial charge in [-0.15, -0.1) is 0 Å². The Morgan fingerprint density at radius 2 is 1.62 bits per heavy atom. The van der Waals surface area contributed by atoms with Crippen molar-refractivity contribution in [2.24, 2.45) is 5.73 Å². The van der Waals surface area contributed by atoms with Gasteiger partial charge in [-0.05, 0) is 42.5 Å². The number of primary amides is 1. The van der Waals surface area contributed by atoms with Crippen LogP contribution in [0.4, 0.5) is 0 Å². The fraction of sp³-hybridized carbons (Fsp3) is 0.167. The maximum absolute atomic E-state index is 11.8. The molecule has 2 aromatic carbocycles. The Kier molecular flexibility index (Phi) is 4.29. The van der Waals surface area contributed by atoms with Crippen molar-refractivity contribution in [1.82, 2.24) is 0 Å². The average Bonchev–Trinajstić information content (AvgIpc) is 2.97. The highest BCUT2D eigenvalue weighted by Gasteiger charge is 2.20. The van der Waals surface area contributed by atoms with Gasteiger partial charge in [0, 0.05) is 5.39 Å². The SMILES string of the molecule is COc1ccc(OCc2oc3ccc(OC)cc3c2C(N)=O)cc1. The molecule has 1 amide bonds. The first-order valence-corrected chi connectivity index (χ1v) is 7.28. The van der Waals surface area contributed by atoms with E-state index in [1.807, 2.05) is 0 Å². The Balaban J connectivity index is 1.90. The van der Waals surface area contributed by atoms with Crippen molar-refractivity contribution in [3.05, 3.63) is 53.8 Å². The number of furan rings is 1. The quantitative estimate of drug-likeness (QED) is 0.752. The number of rotatable bonds is 6. The lowest BCUT2D eigenvalue weighted by molar-refractivity contribution is 0.0997. The minimum absolute atomic E-state index is 0.0849. The van der Waals surface area contributed by atoms with E-state index >= 15 is 0 Å². The number of carbonyl (C=O) groups is 1. The standard InChI is InChI=1S/C18H17NO5/c1-21-11-3-5-12(6-4-11)23-10-16-17(18(19)20)14-9-13(22-2)7-8-15(14)24-16/h3-9H,10H2,1-2H3,(H2,19,20). The summed E-state index contributed by atoms with van der Waals surface area (Å²) < 4.78 is 21.7. The minimum Gasteiger partial charge on any atom is -0.497 e. The highest BCUT2D eigenvalue weighted by molar-refractivity contribution is 6.06. The third kappa shape index (κ3) is 2.99. The third-order valence-corrected chi connectivity index (χ3v) is 3.64. The fourth-order valence-corrected chi connectivity index (χ4v) is 2.45. The van der Waals surface area contributed by atoms with Crippen LogP contribution in [0.5, 0.6) is 17.2 Å². The molecule has 6 nitrogen and oxygen atoms in total. The van der Waals surface area contributed by atoms with Gasteiger partial charge >= 0.3 is 0 Å². The van der Waals surface area contributed by atoms with Crippen LogP contribution in [0.2, 0.25) is 0 Å². The van der Waals surface area contributed by atoms with E-state index in [2.05, 4.69) is 0 Å². The van der Waals surface area contributed by atoms with Gasteiger partial charge in [-0.3, -0.25) is 4.79 Å². The van der Waals surface area contributed by atoms with E-state index in [-0.39, 0.29) is 6.61 Å². The van der Waals surface area contributed by atoms with Crippen LogP contribution < -0.4 is 19.9 Å². The van der Waals surface area contributed by atoms with Crippen molar-refractivity contribution in [2.45, 2.75) is 6.61 Å². The van der Waals surface area contributed by atoms with E-state index in [1.54, 1.807) is 56.7 Å². The maximum Gasteiger partial charge on any atom is 0.253 e. The molecule has 1 heterocycles. The van der Waals surface area contributed by atoms with E-state index in [0.717, 1.165) is 5.75 Å². The van der Waals surface area contributed by atoms with Crippen molar-refractivity contribution < 1.29 is 23.4 Å². The third-order valence-electron chi connectivity index (χ3n) is 3.64.